The Morgan fingerprint density at radius 2 is 1.88 bits per heavy atom. The summed E-state index contributed by atoms with van der Waals surface area (Å²) in [5.41, 5.74) is 0. The molecule has 6 nitrogen and oxygen atoms in total. The average Bonchev–Trinajstić information content (AvgIpc) is 2.56. The molecule has 0 aromatic carbocycles. The predicted octanol–water partition coefficient (Wildman–Crippen LogP) is -0.421. The molecule has 1 unspecified atom stereocenters. The predicted molar refractivity (Wildman–Crippen MR) is 54.9 cm³/mol. The summed E-state index contributed by atoms with van der Waals surface area (Å²) in [6.07, 6.45) is 0.366. The highest BCUT2D eigenvalue weighted by atomic mass is 16.4. The molecule has 2 heterocycles. The quantitative estimate of drug-likeness (QED) is 0.672. The van der Waals surface area contributed by atoms with Crippen LogP contribution in [0.2, 0.25) is 0 Å². The highest BCUT2D eigenvalue weighted by Crippen LogP contribution is 2.22. The van der Waals surface area contributed by atoms with Crippen LogP contribution in [0.1, 0.15) is 12.8 Å². The van der Waals surface area contributed by atoms with Gasteiger partial charge in [0.2, 0.25) is 0 Å². The molecule has 0 spiro atoms. The number of likely N-dealkylation sites (tertiary alicyclic amines) is 2. The van der Waals surface area contributed by atoms with Gasteiger partial charge in [-0.05, 0) is 6.42 Å². The Labute approximate surface area is 93.4 Å². The van der Waals surface area contributed by atoms with E-state index >= 15 is 0 Å². The molecule has 6 heteroatoms. The lowest BCUT2D eigenvalue weighted by Crippen LogP contribution is -2.54. The molecule has 0 aliphatic carbocycles. The van der Waals surface area contributed by atoms with Crippen LogP contribution in [-0.4, -0.2) is 64.3 Å². The van der Waals surface area contributed by atoms with Gasteiger partial charge < -0.3 is 20.0 Å². The van der Waals surface area contributed by atoms with E-state index in [2.05, 4.69) is 0 Å². The van der Waals surface area contributed by atoms with Gasteiger partial charge in [-0.3, -0.25) is 4.79 Å². The van der Waals surface area contributed by atoms with Gasteiger partial charge >= 0.3 is 12.0 Å². The second kappa shape index (κ2) is 4.29. The van der Waals surface area contributed by atoms with E-state index in [1.807, 2.05) is 0 Å². The van der Waals surface area contributed by atoms with Crippen molar-refractivity contribution < 1.29 is 19.8 Å². The molecule has 2 rings (SSSR count). The number of carboxylic acid groups (broad SMARTS) is 1. The maximum Gasteiger partial charge on any atom is 0.320 e. The normalized spacial score (nSPS) is 25.7. The van der Waals surface area contributed by atoms with Crippen LogP contribution in [-0.2, 0) is 4.79 Å². The Bertz CT molecular complexity index is 301. The van der Waals surface area contributed by atoms with Crippen LogP contribution >= 0.6 is 0 Å². The summed E-state index contributed by atoms with van der Waals surface area (Å²) in [6.45, 7) is 2.05. The second-order valence-electron chi connectivity index (χ2n) is 4.54. The molecule has 0 bridgehead atoms. The standard InChI is InChI=1S/C10H16N2O4/c13-8-1-2-11(6-8)10(16)12-4-7(5-12)3-9(14)15/h7-8,13H,1-6H2,(H,14,15). The van der Waals surface area contributed by atoms with Gasteiger partial charge in [0.15, 0.2) is 0 Å². The third-order valence-corrected chi connectivity index (χ3v) is 3.12. The summed E-state index contributed by atoms with van der Waals surface area (Å²) in [4.78, 5) is 25.5. The molecule has 0 aromatic heterocycles. The van der Waals surface area contributed by atoms with E-state index in [4.69, 9.17) is 5.11 Å². The van der Waals surface area contributed by atoms with E-state index in [-0.39, 0.29) is 18.4 Å². The Balaban J connectivity index is 1.75. The number of aliphatic hydroxyl groups is 1. The molecule has 16 heavy (non-hydrogen) atoms. The molecule has 2 aliphatic heterocycles. The van der Waals surface area contributed by atoms with E-state index in [1.54, 1.807) is 9.80 Å². The fourth-order valence-electron chi connectivity index (χ4n) is 2.22. The summed E-state index contributed by atoms with van der Waals surface area (Å²) < 4.78 is 0. The monoisotopic (exact) mass is 228 g/mol. The summed E-state index contributed by atoms with van der Waals surface area (Å²) in [5.74, 6) is -0.720. The van der Waals surface area contributed by atoms with Crippen LogP contribution in [0.5, 0.6) is 0 Å². The van der Waals surface area contributed by atoms with Crippen LogP contribution in [0, 0.1) is 5.92 Å². The SMILES string of the molecule is O=C(O)CC1CN(C(=O)N2CCC(O)C2)C1. The van der Waals surface area contributed by atoms with Gasteiger partial charge in [0, 0.05) is 32.1 Å². The van der Waals surface area contributed by atoms with Crippen molar-refractivity contribution in [2.45, 2.75) is 18.9 Å². The smallest absolute Gasteiger partial charge is 0.320 e. The first-order valence-corrected chi connectivity index (χ1v) is 5.50. The lowest BCUT2D eigenvalue weighted by molar-refractivity contribution is -0.139. The summed E-state index contributed by atoms with van der Waals surface area (Å²) in [7, 11) is 0. The number of aliphatic carboxylic acids is 1. The highest BCUT2D eigenvalue weighted by molar-refractivity contribution is 5.76. The number of hydrogen-bond acceptors (Lipinski definition) is 3. The molecule has 0 aromatic rings. The van der Waals surface area contributed by atoms with Crippen molar-refractivity contribution in [3.63, 3.8) is 0 Å². The van der Waals surface area contributed by atoms with Crippen molar-refractivity contribution in [1.29, 1.82) is 0 Å². The summed E-state index contributed by atoms with van der Waals surface area (Å²) in [6, 6.07) is -0.0711. The molecule has 0 saturated carbocycles. The summed E-state index contributed by atoms with van der Waals surface area (Å²) in [5, 5.41) is 17.9. The van der Waals surface area contributed by atoms with Crippen LogP contribution in [0.3, 0.4) is 0 Å². The molecule has 2 aliphatic rings. The van der Waals surface area contributed by atoms with Gasteiger partial charge in [-0.25, -0.2) is 4.79 Å². The Morgan fingerprint density at radius 1 is 1.19 bits per heavy atom. The number of hydrogen-bond donors (Lipinski definition) is 2. The number of carboxylic acids is 1. The molecule has 2 fully saturated rings. The van der Waals surface area contributed by atoms with Gasteiger partial charge in [-0.15, -0.1) is 0 Å². The number of nitrogens with zero attached hydrogens (tertiary/aromatic N) is 2. The van der Waals surface area contributed by atoms with E-state index in [9.17, 15) is 14.7 Å². The minimum absolute atomic E-state index is 0.0711. The van der Waals surface area contributed by atoms with Crippen LogP contribution in [0.15, 0.2) is 0 Å². The zero-order valence-electron chi connectivity index (χ0n) is 9.00. The molecule has 90 valence electrons. The molecule has 2 saturated heterocycles. The van der Waals surface area contributed by atoms with Crippen molar-refractivity contribution in [1.82, 2.24) is 9.80 Å². The van der Waals surface area contributed by atoms with Crippen molar-refractivity contribution in [3.05, 3.63) is 0 Å². The minimum Gasteiger partial charge on any atom is -0.481 e. The maximum atomic E-state index is 11.8. The largest absolute Gasteiger partial charge is 0.481 e. The topological polar surface area (TPSA) is 81.1 Å². The Kier molecular flexibility index (Phi) is 3.00. The molecular formula is C10H16N2O4. The lowest BCUT2D eigenvalue weighted by atomic mass is 9.97. The van der Waals surface area contributed by atoms with Gasteiger partial charge in [-0.2, -0.15) is 0 Å². The Morgan fingerprint density at radius 3 is 2.38 bits per heavy atom. The van der Waals surface area contributed by atoms with Crippen LogP contribution in [0.4, 0.5) is 4.79 Å². The van der Waals surface area contributed by atoms with Gasteiger partial charge in [-0.1, -0.05) is 0 Å². The van der Waals surface area contributed by atoms with E-state index in [0.29, 0.717) is 32.6 Å². The van der Waals surface area contributed by atoms with Crippen LogP contribution in [0.25, 0.3) is 0 Å². The second-order valence-corrected chi connectivity index (χ2v) is 4.54. The summed E-state index contributed by atoms with van der Waals surface area (Å²) >= 11 is 0. The number of urea groups is 1. The fourth-order valence-corrected chi connectivity index (χ4v) is 2.22. The third-order valence-electron chi connectivity index (χ3n) is 3.12. The first-order valence-electron chi connectivity index (χ1n) is 5.50. The molecule has 2 N–H and O–H groups in total. The molecule has 2 amide bonds. The number of carbonyl (C=O) groups is 2. The molecule has 1 atom stereocenters. The van der Waals surface area contributed by atoms with Gasteiger partial charge in [0.1, 0.15) is 0 Å². The zero-order chi connectivity index (χ0) is 11.7. The number of amides is 2. The number of aliphatic hydroxyl groups excluding tert-OH is 1. The molecular weight excluding hydrogens is 212 g/mol. The highest BCUT2D eigenvalue weighted by Gasteiger charge is 2.36. The number of carbonyl (C=O) groups excluding carboxylic acids is 1. The van der Waals surface area contributed by atoms with Crippen molar-refractivity contribution in [2.75, 3.05) is 26.2 Å². The minimum atomic E-state index is -0.811. The maximum absolute atomic E-state index is 11.8. The zero-order valence-corrected chi connectivity index (χ0v) is 9.00. The van der Waals surface area contributed by atoms with E-state index in [0.717, 1.165) is 0 Å². The number of β-amino-alcohol motifs (C(OH)–C–C–N with tert-alkyl or cyclic N) is 1. The first-order chi connectivity index (χ1) is 7.56. The lowest BCUT2D eigenvalue weighted by Gasteiger charge is -2.40. The average molecular weight is 228 g/mol. The van der Waals surface area contributed by atoms with E-state index < -0.39 is 12.1 Å². The van der Waals surface area contributed by atoms with Gasteiger partial charge in [0.25, 0.3) is 0 Å². The Hall–Kier alpha value is -1.30. The molecule has 0 radical (unpaired) electrons. The van der Waals surface area contributed by atoms with Gasteiger partial charge in [0.05, 0.1) is 12.5 Å². The van der Waals surface area contributed by atoms with E-state index in [1.165, 1.54) is 0 Å². The number of rotatable bonds is 2. The van der Waals surface area contributed by atoms with Crippen molar-refractivity contribution in [2.24, 2.45) is 5.92 Å². The fraction of sp³-hybridized carbons (Fsp3) is 0.800. The van der Waals surface area contributed by atoms with Crippen molar-refractivity contribution >= 4 is 12.0 Å². The third kappa shape index (κ3) is 2.27. The van der Waals surface area contributed by atoms with Crippen LogP contribution < -0.4 is 0 Å². The first kappa shape index (κ1) is 11.2. The van der Waals surface area contributed by atoms with Crippen molar-refractivity contribution in [3.8, 4) is 0 Å².